The lowest BCUT2D eigenvalue weighted by atomic mass is 10.1. The lowest BCUT2D eigenvalue weighted by molar-refractivity contribution is 0.467. The zero-order chi connectivity index (χ0) is 8.10. The zero-order valence-electron chi connectivity index (χ0n) is 6.33. The molecule has 1 rings (SSSR count). The van der Waals surface area contributed by atoms with Crippen molar-refractivity contribution in [1.29, 1.82) is 0 Å². The van der Waals surface area contributed by atoms with E-state index in [9.17, 15) is 5.11 Å². The van der Waals surface area contributed by atoms with Crippen molar-refractivity contribution in [3.05, 3.63) is 36.7 Å². The Hall–Kier alpha value is -1.31. The summed E-state index contributed by atoms with van der Waals surface area (Å²) in [6.07, 6.45) is 6.76. The van der Waals surface area contributed by atoms with Gasteiger partial charge in [-0.15, -0.1) is 6.58 Å². The van der Waals surface area contributed by atoms with Gasteiger partial charge in [0.15, 0.2) is 0 Å². The third-order valence-electron chi connectivity index (χ3n) is 1.50. The summed E-state index contributed by atoms with van der Waals surface area (Å²) in [7, 11) is 0. The fourth-order valence-corrected chi connectivity index (χ4v) is 0.870. The second kappa shape index (κ2) is 3.76. The van der Waals surface area contributed by atoms with Gasteiger partial charge < -0.3 is 5.11 Å². The molecule has 1 heterocycles. The molecule has 0 radical (unpaired) electrons. The van der Waals surface area contributed by atoms with Crippen molar-refractivity contribution in [3.63, 3.8) is 0 Å². The Bertz CT molecular complexity index is 245. The second-order valence-electron chi connectivity index (χ2n) is 2.33. The van der Waals surface area contributed by atoms with Gasteiger partial charge in [-0.3, -0.25) is 4.98 Å². The van der Waals surface area contributed by atoms with Gasteiger partial charge >= 0.3 is 0 Å². The molecule has 0 aliphatic heterocycles. The summed E-state index contributed by atoms with van der Waals surface area (Å²) in [5.74, 6) is 0.321. The molecule has 0 amide bonds. The molecule has 0 unspecified atom stereocenters. The van der Waals surface area contributed by atoms with E-state index in [1.165, 1.54) is 0 Å². The molecular weight excluding hydrogens is 138 g/mol. The number of hydrogen-bond acceptors (Lipinski definition) is 2. The lowest BCUT2D eigenvalue weighted by Gasteiger charge is -1.99. The van der Waals surface area contributed by atoms with Crippen LogP contribution in [0.25, 0.3) is 0 Å². The van der Waals surface area contributed by atoms with E-state index < -0.39 is 0 Å². The first-order valence-electron chi connectivity index (χ1n) is 3.57. The quantitative estimate of drug-likeness (QED) is 0.666. The SMILES string of the molecule is C=CCCc1cnccc1O. The average molecular weight is 149 g/mol. The minimum absolute atomic E-state index is 0.321. The fraction of sp³-hybridized carbons (Fsp3) is 0.222. The molecule has 1 N–H and O–H groups in total. The summed E-state index contributed by atoms with van der Waals surface area (Å²) in [6, 6.07) is 1.60. The molecule has 0 spiro atoms. The third-order valence-corrected chi connectivity index (χ3v) is 1.50. The van der Waals surface area contributed by atoms with Crippen LogP contribution in [0.4, 0.5) is 0 Å². The molecule has 0 saturated heterocycles. The molecule has 1 aromatic heterocycles. The normalized spacial score (nSPS) is 9.45. The molecule has 0 bridgehead atoms. The van der Waals surface area contributed by atoms with Gasteiger partial charge in [-0.25, -0.2) is 0 Å². The maximum atomic E-state index is 9.26. The van der Waals surface area contributed by atoms with Gasteiger partial charge in [0.25, 0.3) is 0 Å². The number of aromatic nitrogens is 1. The van der Waals surface area contributed by atoms with Crippen molar-refractivity contribution in [3.8, 4) is 5.75 Å². The van der Waals surface area contributed by atoms with Crippen molar-refractivity contribution in [2.75, 3.05) is 0 Å². The lowest BCUT2D eigenvalue weighted by Crippen LogP contribution is -1.85. The Morgan fingerprint density at radius 1 is 1.64 bits per heavy atom. The predicted molar refractivity (Wildman–Crippen MR) is 44.4 cm³/mol. The van der Waals surface area contributed by atoms with E-state index in [1.54, 1.807) is 18.5 Å². The van der Waals surface area contributed by atoms with Crippen LogP contribution in [-0.2, 0) is 6.42 Å². The predicted octanol–water partition coefficient (Wildman–Crippen LogP) is 1.91. The summed E-state index contributed by atoms with van der Waals surface area (Å²) in [6.45, 7) is 3.60. The number of allylic oxidation sites excluding steroid dienone is 1. The standard InChI is InChI=1S/C9H11NO/c1-2-3-4-8-7-10-6-5-9(8)11/h2,5-7H,1,3-4H2,(H,10,11). The highest BCUT2D eigenvalue weighted by Crippen LogP contribution is 2.15. The van der Waals surface area contributed by atoms with Crippen molar-refractivity contribution in [1.82, 2.24) is 4.98 Å². The molecule has 58 valence electrons. The summed E-state index contributed by atoms with van der Waals surface area (Å²) in [5.41, 5.74) is 0.882. The van der Waals surface area contributed by atoms with Gasteiger partial charge in [0.2, 0.25) is 0 Å². The Labute approximate surface area is 66.2 Å². The van der Waals surface area contributed by atoms with Gasteiger partial charge in [0.1, 0.15) is 5.75 Å². The van der Waals surface area contributed by atoms with Gasteiger partial charge in [-0.1, -0.05) is 6.08 Å². The Balaban J connectivity index is 2.69. The summed E-state index contributed by atoms with van der Waals surface area (Å²) >= 11 is 0. The van der Waals surface area contributed by atoms with Crippen molar-refractivity contribution in [2.45, 2.75) is 12.8 Å². The van der Waals surface area contributed by atoms with E-state index in [4.69, 9.17) is 0 Å². The van der Waals surface area contributed by atoms with E-state index in [2.05, 4.69) is 11.6 Å². The van der Waals surface area contributed by atoms with Crippen LogP contribution >= 0.6 is 0 Å². The van der Waals surface area contributed by atoms with Crippen LogP contribution in [0.2, 0.25) is 0 Å². The first-order chi connectivity index (χ1) is 5.34. The van der Waals surface area contributed by atoms with E-state index in [0.717, 1.165) is 18.4 Å². The molecule has 0 aromatic carbocycles. The third kappa shape index (κ3) is 2.08. The monoisotopic (exact) mass is 149 g/mol. The van der Waals surface area contributed by atoms with E-state index >= 15 is 0 Å². The smallest absolute Gasteiger partial charge is 0.121 e. The van der Waals surface area contributed by atoms with Crippen LogP contribution in [0, 0.1) is 0 Å². The van der Waals surface area contributed by atoms with Crippen LogP contribution in [-0.4, -0.2) is 10.1 Å². The molecule has 1 aromatic rings. The molecule has 11 heavy (non-hydrogen) atoms. The first-order valence-corrected chi connectivity index (χ1v) is 3.57. The number of aromatic hydroxyl groups is 1. The van der Waals surface area contributed by atoms with Crippen molar-refractivity contribution < 1.29 is 5.11 Å². The highest BCUT2D eigenvalue weighted by Gasteiger charge is 1.96. The Morgan fingerprint density at radius 3 is 3.09 bits per heavy atom. The van der Waals surface area contributed by atoms with Crippen LogP contribution in [0.3, 0.4) is 0 Å². The molecule has 0 atom stereocenters. The van der Waals surface area contributed by atoms with Crippen LogP contribution in [0.5, 0.6) is 5.75 Å². The fourth-order valence-electron chi connectivity index (χ4n) is 0.870. The summed E-state index contributed by atoms with van der Waals surface area (Å²) in [4.78, 5) is 3.90. The second-order valence-corrected chi connectivity index (χ2v) is 2.33. The van der Waals surface area contributed by atoms with E-state index in [1.807, 2.05) is 6.08 Å². The van der Waals surface area contributed by atoms with Crippen molar-refractivity contribution in [2.24, 2.45) is 0 Å². The Kier molecular flexibility index (Phi) is 2.66. The first kappa shape index (κ1) is 7.79. The highest BCUT2D eigenvalue weighted by atomic mass is 16.3. The molecule has 2 heteroatoms. The molecule has 0 aliphatic rings. The Morgan fingerprint density at radius 2 is 2.45 bits per heavy atom. The molecule has 0 saturated carbocycles. The van der Waals surface area contributed by atoms with Crippen molar-refractivity contribution >= 4 is 0 Å². The van der Waals surface area contributed by atoms with E-state index in [-0.39, 0.29) is 0 Å². The van der Waals surface area contributed by atoms with E-state index in [0.29, 0.717) is 5.75 Å². The minimum atomic E-state index is 0.321. The maximum Gasteiger partial charge on any atom is 0.121 e. The van der Waals surface area contributed by atoms with Gasteiger partial charge in [-0.2, -0.15) is 0 Å². The molecular formula is C9H11NO. The number of aryl methyl sites for hydroxylation is 1. The zero-order valence-corrected chi connectivity index (χ0v) is 6.33. The molecule has 0 fully saturated rings. The van der Waals surface area contributed by atoms with Crippen LogP contribution in [0.15, 0.2) is 31.1 Å². The van der Waals surface area contributed by atoms with Crippen LogP contribution < -0.4 is 0 Å². The largest absolute Gasteiger partial charge is 0.508 e. The maximum absolute atomic E-state index is 9.26. The minimum Gasteiger partial charge on any atom is -0.508 e. The summed E-state index contributed by atoms with van der Waals surface area (Å²) < 4.78 is 0. The number of nitrogens with zero attached hydrogens (tertiary/aromatic N) is 1. The number of rotatable bonds is 3. The molecule has 0 aliphatic carbocycles. The summed E-state index contributed by atoms with van der Waals surface area (Å²) in [5, 5.41) is 9.26. The molecule has 2 nitrogen and oxygen atoms in total. The number of hydrogen-bond donors (Lipinski definition) is 1. The average Bonchev–Trinajstić information content (AvgIpc) is 2.03. The van der Waals surface area contributed by atoms with Gasteiger partial charge in [0, 0.05) is 18.0 Å². The number of pyridine rings is 1. The van der Waals surface area contributed by atoms with Crippen LogP contribution in [0.1, 0.15) is 12.0 Å². The topological polar surface area (TPSA) is 33.1 Å². The van der Waals surface area contributed by atoms with Gasteiger partial charge in [0.05, 0.1) is 0 Å². The van der Waals surface area contributed by atoms with Gasteiger partial charge in [-0.05, 0) is 18.9 Å². The highest BCUT2D eigenvalue weighted by molar-refractivity contribution is 5.28.